The average molecular weight is 248 g/mol. The quantitative estimate of drug-likeness (QED) is 0.501. The van der Waals surface area contributed by atoms with Gasteiger partial charge in [-0.3, -0.25) is 5.43 Å². The number of aromatic nitrogens is 3. The highest BCUT2D eigenvalue weighted by Crippen LogP contribution is 2.12. The molecule has 0 aromatic carbocycles. The van der Waals surface area contributed by atoms with E-state index in [-0.39, 0.29) is 24.0 Å². The topological polar surface area (TPSA) is 98.0 Å². The third kappa shape index (κ3) is 4.72. The third-order valence-corrected chi connectivity index (χ3v) is 1.50. The van der Waals surface area contributed by atoms with Gasteiger partial charge >= 0.3 is 6.01 Å². The van der Waals surface area contributed by atoms with Gasteiger partial charge in [0.15, 0.2) is 0 Å². The molecule has 1 aromatic rings. The van der Waals surface area contributed by atoms with Gasteiger partial charge in [-0.15, -0.1) is 0 Å². The lowest BCUT2D eigenvalue weighted by molar-refractivity contribution is 0.163. The average Bonchev–Trinajstić information content (AvgIpc) is 2.25. The van der Waals surface area contributed by atoms with Gasteiger partial charge in [-0.2, -0.15) is 15.0 Å². The Hall–Kier alpha value is -1.77. The van der Waals surface area contributed by atoms with Crippen LogP contribution in [0.3, 0.4) is 0 Å². The van der Waals surface area contributed by atoms with E-state index in [1.54, 1.807) is 13.8 Å². The van der Waals surface area contributed by atoms with Gasteiger partial charge in [-0.1, -0.05) is 0 Å². The first-order chi connectivity index (χ1) is 8.01. The van der Waals surface area contributed by atoms with Crippen LogP contribution in [-0.2, 0) is 0 Å². The largest absolute Gasteiger partial charge is 0.461 e. The number of nitrogens with one attached hydrogen (secondary N) is 2. The Balaban J connectivity index is 2.81. The Morgan fingerprint density at radius 1 is 1.24 bits per heavy atom. The van der Waals surface area contributed by atoms with E-state index in [0.29, 0.717) is 0 Å². The predicted octanol–water partition coefficient (Wildman–Crippen LogP) is 0.621. The van der Waals surface area contributed by atoms with Crippen LogP contribution in [0.4, 0.5) is 20.7 Å². The summed E-state index contributed by atoms with van der Waals surface area (Å²) in [6.07, 6.45) is -2.65. The summed E-state index contributed by atoms with van der Waals surface area (Å²) in [5.41, 5.74) is 2.20. The molecule has 0 unspecified atom stereocenters. The van der Waals surface area contributed by atoms with Gasteiger partial charge < -0.3 is 10.1 Å². The lowest BCUT2D eigenvalue weighted by Gasteiger charge is -2.10. The van der Waals surface area contributed by atoms with Crippen molar-refractivity contribution in [3.8, 4) is 6.01 Å². The van der Waals surface area contributed by atoms with E-state index in [9.17, 15) is 8.78 Å². The van der Waals surface area contributed by atoms with Crippen LogP contribution in [0, 0.1) is 0 Å². The highest BCUT2D eigenvalue weighted by Gasteiger charge is 2.09. The molecule has 7 nitrogen and oxygen atoms in total. The number of halogens is 2. The first kappa shape index (κ1) is 13.3. The summed E-state index contributed by atoms with van der Waals surface area (Å²) in [5, 5.41) is 2.34. The highest BCUT2D eigenvalue weighted by atomic mass is 19.3. The van der Waals surface area contributed by atoms with Crippen molar-refractivity contribution in [2.45, 2.75) is 26.4 Å². The van der Waals surface area contributed by atoms with Gasteiger partial charge in [-0.05, 0) is 13.8 Å². The zero-order valence-electron chi connectivity index (χ0n) is 9.44. The highest BCUT2D eigenvalue weighted by molar-refractivity contribution is 5.34. The molecule has 0 fully saturated rings. The van der Waals surface area contributed by atoms with Gasteiger partial charge in [0.25, 0.3) is 6.43 Å². The fourth-order valence-electron chi connectivity index (χ4n) is 0.932. The number of hydrogen-bond acceptors (Lipinski definition) is 7. The first-order valence-corrected chi connectivity index (χ1v) is 4.92. The fraction of sp³-hybridized carbons (Fsp3) is 0.625. The van der Waals surface area contributed by atoms with Crippen LogP contribution >= 0.6 is 0 Å². The SMILES string of the molecule is CC(C)Oc1nc(NN)nc(NCC(F)F)n1. The maximum absolute atomic E-state index is 12.0. The number of alkyl halides is 2. The molecule has 1 heterocycles. The van der Waals surface area contributed by atoms with E-state index in [1.165, 1.54) is 0 Å². The number of anilines is 2. The molecule has 96 valence electrons. The monoisotopic (exact) mass is 248 g/mol. The standard InChI is InChI=1S/C8H14F2N6O/c1-4(2)17-8-14-6(12-3-5(9)10)13-7(15-8)16-11/h4-5H,3,11H2,1-2H3,(H2,12,13,14,15,16). The molecule has 0 saturated carbocycles. The summed E-state index contributed by atoms with van der Waals surface area (Å²) >= 11 is 0. The molecule has 0 amide bonds. The smallest absolute Gasteiger partial charge is 0.323 e. The van der Waals surface area contributed by atoms with E-state index < -0.39 is 13.0 Å². The Kier molecular flexibility index (Phi) is 4.76. The summed E-state index contributed by atoms with van der Waals surface area (Å²) in [6, 6.07) is 0.0136. The van der Waals surface area contributed by atoms with Crippen molar-refractivity contribution < 1.29 is 13.5 Å². The van der Waals surface area contributed by atoms with Crippen molar-refractivity contribution in [2.75, 3.05) is 17.3 Å². The molecule has 0 spiro atoms. The van der Waals surface area contributed by atoms with Crippen LogP contribution in [0.15, 0.2) is 0 Å². The van der Waals surface area contributed by atoms with Crippen molar-refractivity contribution in [1.82, 2.24) is 15.0 Å². The summed E-state index contributed by atoms with van der Waals surface area (Å²) in [4.78, 5) is 11.4. The number of rotatable bonds is 6. The predicted molar refractivity (Wildman–Crippen MR) is 57.9 cm³/mol. The Labute approximate surface area is 96.8 Å². The van der Waals surface area contributed by atoms with Crippen LogP contribution < -0.4 is 21.3 Å². The first-order valence-electron chi connectivity index (χ1n) is 4.92. The lowest BCUT2D eigenvalue weighted by atomic mass is 10.5. The second-order valence-corrected chi connectivity index (χ2v) is 3.35. The fourth-order valence-corrected chi connectivity index (χ4v) is 0.932. The van der Waals surface area contributed by atoms with Crippen LogP contribution in [0.1, 0.15) is 13.8 Å². The molecule has 17 heavy (non-hydrogen) atoms. The molecule has 1 rings (SSSR count). The minimum Gasteiger partial charge on any atom is -0.461 e. The van der Waals surface area contributed by atoms with E-state index in [0.717, 1.165) is 0 Å². The number of nitrogens with zero attached hydrogens (tertiary/aromatic N) is 3. The molecule has 0 aliphatic heterocycles. The van der Waals surface area contributed by atoms with Crippen molar-refractivity contribution in [1.29, 1.82) is 0 Å². The maximum Gasteiger partial charge on any atom is 0.323 e. The Morgan fingerprint density at radius 3 is 2.41 bits per heavy atom. The van der Waals surface area contributed by atoms with Crippen molar-refractivity contribution >= 4 is 11.9 Å². The van der Waals surface area contributed by atoms with Crippen molar-refractivity contribution in [3.05, 3.63) is 0 Å². The molecule has 0 atom stereocenters. The van der Waals surface area contributed by atoms with Gasteiger partial charge in [0.05, 0.1) is 12.6 Å². The minimum absolute atomic E-state index is 0.0136. The summed E-state index contributed by atoms with van der Waals surface area (Å²) in [6.45, 7) is 3.01. The molecule has 4 N–H and O–H groups in total. The van der Waals surface area contributed by atoms with Crippen LogP contribution in [0.25, 0.3) is 0 Å². The van der Waals surface area contributed by atoms with Crippen LogP contribution in [-0.4, -0.2) is 34.0 Å². The zero-order chi connectivity index (χ0) is 12.8. The summed E-state index contributed by atoms with van der Waals surface area (Å²) in [7, 11) is 0. The molecule has 1 aromatic heterocycles. The summed E-state index contributed by atoms with van der Waals surface area (Å²) < 4.78 is 29.2. The summed E-state index contributed by atoms with van der Waals surface area (Å²) in [5.74, 6) is 5.15. The van der Waals surface area contributed by atoms with Crippen molar-refractivity contribution in [3.63, 3.8) is 0 Å². The molecular formula is C8H14F2N6O. The molecular weight excluding hydrogens is 234 g/mol. The second kappa shape index (κ2) is 6.09. The Bertz CT molecular complexity index is 362. The minimum atomic E-state index is -2.50. The number of hydrazine groups is 1. The molecule has 0 radical (unpaired) electrons. The molecule has 9 heteroatoms. The van der Waals surface area contributed by atoms with Gasteiger partial charge in [0, 0.05) is 0 Å². The van der Waals surface area contributed by atoms with E-state index in [1.807, 2.05) is 0 Å². The van der Waals surface area contributed by atoms with E-state index in [2.05, 4.69) is 25.7 Å². The zero-order valence-corrected chi connectivity index (χ0v) is 9.44. The van der Waals surface area contributed by atoms with Crippen LogP contribution in [0.5, 0.6) is 6.01 Å². The number of ether oxygens (including phenoxy) is 1. The number of nitrogens with two attached hydrogens (primary N) is 1. The second-order valence-electron chi connectivity index (χ2n) is 3.35. The number of nitrogen functional groups attached to an aromatic ring is 1. The molecule has 0 saturated heterocycles. The molecule has 0 bridgehead atoms. The number of hydrogen-bond donors (Lipinski definition) is 3. The van der Waals surface area contributed by atoms with E-state index in [4.69, 9.17) is 10.6 Å². The van der Waals surface area contributed by atoms with Crippen LogP contribution in [0.2, 0.25) is 0 Å². The third-order valence-electron chi connectivity index (χ3n) is 1.50. The molecule has 0 aliphatic carbocycles. The maximum atomic E-state index is 12.0. The van der Waals surface area contributed by atoms with Gasteiger partial charge in [0.2, 0.25) is 11.9 Å². The van der Waals surface area contributed by atoms with Crippen molar-refractivity contribution in [2.24, 2.45) is 5.84 Å². The normalized spacial score (nSPS) is 10.8. The molecule has 0 aliphatic rings. The lowest BCUT2D eigenvalue weighted by Crippen LogP contribution is -2.18. The van der Waals surface area contributed by atoms with E-state index >= 15 is 0 Å². The Morgan fingerprint density at radius 2 is 1.88 bits per heavy atom. The van der Waals surface area contributed by atoms with Gasteiger partial charge in [0.1, 0.15) is 0 Å². The van der Waals surface area contributed by atoms with Gasteiger partial charge in [-0.25, -0.2) is 14.6 Å².